The van der Waals surface area contributed by atoms with Crippen molar-refractivity contribution in [2.75, 3.05) is 55.6 Å². The van der Waals surface area contributed by atoms with Crippen molar-refractivity contribution < 1.29 is 23.9 Å². The van der Waals surface area contributed by atoms with Crippen LogP contribution in [0.15, 0.2) is 48.8 Å². The van der Waals surface area contributed by atoms with Gasteiger partial charge in [-0.25, -0.2) is 9.97 Å². The molecule has 1 aliphatic carbocycles. The minimum absolute atomic E-state index is 0.147. The Hall–Kier alpha value is -5.26. The van der Waals surface area contributed by atoms with Gasteiger partial charge in [0.1, 0.15) is 24.0 Å². The van der Waals surface area contributed by atoms with Gasteiger partial charge in [-0.2, -0.15) is 5.26 Å². The molecule has 4 fully saturated rings. The Morgan fingerprint density at radius 3 is 2.31 bits per heavy atom. The van der Waals surface area contributed by atoms with Crippen molar-refractivity contribution in [2.45, 2.75) is 78.1 Å². The van der Waals surface area contributed by atoms with Crippen molar-refractivity contribution in [2.24, 2.45) is 16.7 Å². The summed E-state index contributed by atoms with van der Waals surface area (Å²) in [5.41, 5.74) is 2.70. The monoisotopic (exact) mass is 807 g/mol. The fraction of sp³-hybridized carbons (Fsp3) is 0.512. The Balaban J connectivity index is 0.781. The fourth-order valence-corrected chi connectivity index (χ4v) is 10.3. The third-order valence-corrected chi connectivity index (χ3v) is 13.3. The number of nitrogens with zero attached hydrogens (tertiary/aromatic N) is 7. The third-order valence-electron chi connectivity index (χ3n) is 13.0. The SMILES string of the molecule is CC1(C)C(NC(=O)c2cnc(N3CCC(CN4CCN(c5ccc6c(c5)CN(C5CCC(=O)NC5=O)C6=O)CC4)CC3)nc2)C(C)(C)C1Oc1ccc(C#N)c(Cl)c1. The first-order valence-corrected chi connectivity index (χ1v) is 20.6. The van der Waals surface area contributed by atoms with E-state index >= 15 is 0 Å². The molecule has 2 aromatic carbocycles. The van der Waals surface area contributed by atoms with Gasteiger partial charge in [0.25, 0.3) is 11.8 Å². The summed E-state index contributed by atoms with van der Waals surface area (Å²) in [5, 5.41) is 15.1. The normalized spacial score (nSPS) is 24.4. The smallest absolute Gasteiger partial charge is 0.255 e. The molecule has 304 valence electrons. The molecule has 5 heterocycles. The highest BCUT2D eigenvalue weighted by Crippen LogP contribution is 2.55. The number of hydrogen-bond acceptors (Lipinski definition) is 11. The molecule has 1 saturated carbocycles. The van der Waals surface area contributed by atoms with Crippen LogP contribution in [0.5, 0.6) is 5.75 Å². The van der Waals surface area contributed by atoms with Gasteiger partial charge in [-0.05, 0) is 61.1 Å². The number of nitrogens with one attached hydrogen (secondary N) is 2. The summed E-state index contributed by atoms with van der Waals surface area (Å²) in [4.78, 5) is 68.6. The summed E-state index contributed by atoms with van der Waals surface area (Å²) in [7, 11) is 0. The standard InChI is InChI=1S/C43H50ClN9O5/c1-42(2)39(43(3,4)40(42)58-31-7-5-27(21-45)33(44)20-31)49-36(55)29-22-46-41(47-23-29)52-13-11-26(12-14-52)24-50-15-17-51(18-16-50)30-6-8-32-28(19-30)25-53(38(32)57)34-9-10-35(54)48-37(34)56/h5-8,19-20,22-23,26,34,39-40H,9-18,24-25H2,1-4H3,(H,49,55)(H,48,54,56). The van der Waals surface area contributed by atoms with Crippen molar-refractivity contribution in [3.05, 3.63) is 76.1 Å². The second kappa shape index (κ2) is 15.5. The number of benzene rings is 2. The van der Waals surface area contributed by atoms with Crippen LogP contribution < -0.4 is 25.2 Å². The zero-order valence-electron chi connectivity index (χ0n) is 33.5. The quantitative estimate of drug-likeness (QED) is 0.295. The van der Waals surface area contributed by atoms with Crippen LogP contribution in [0.2, 0.25) is 5.02 Å². The molecule has 4 amide bonds. The number of piperazine rings is 1. The molecule has 0 bridgehead atoms. The highest BCUT2D eigenvalue weighted by molar-refractivity contribution is 6.31. The molecule has 4 aliphatic heterocycles. The van der Waals surface area contributed by atoms with Gasteiger partial charge in [-0.3, -0.25) is 29.4 Å². The van der Waals surface area contributed by atoms with Gasteiger partial charge >= 0.3 is 0 Å². The Morgan fingerprint density at radius 1 is 0.948 bits per heavy atom. The molecule has 0 radical (unpaired) electrons. The molecule has 3 saturated heterocycles. The average Bonchev–Trinajstić information content (AvgIpc) is 3.54. The Kier molecular flexibility index (Phi) is 10.6. The maximum Gasteiger partial charge on any atom is 0.255 e. The lowest BCUT2D eigenvalue weighted by molar-refractivity contribution is -0.164. The van der Waals surface area contributed by atoms with Crippen molar-refractivity contribution in [1.29, 1.82) is 5.26 Å². The van der Waals surface area contributed by atoms with Crippen LogP contribution >= 0.6 is 11.6 Å². The van der Waals surface area contributed by atoms with Crippen molar-refractivity contribution >= 4 is 46.9 Å². The summed E-state index contributed by atoms with van der Waals surface area (Å²) in [6.07, 6.45) is 5.71. The van der Waals surface area contributed by atoms with Crippen LogP contribution in [-0.4, -0.2) is 107 Å². The number of nitriles is 1. The number of aromatic nitrogens is 2. The number of hydrogen-bond donors (Lipinski definition) is 2. The Labute approximate surface area is 343 Å². The van der Waals surface area contributed by atoms with E-state index in [1.54, 1.807) is 35.5 Å². The largest absolute Gasteiger partial charge is 0.489 e. The van der Waals surface area contributed by atoms with Crippen LogP contribution in [-0.2, 0) is 16.1 Å². The van der Waals surface area contributed by atoms with Crippen LogP contribution in [0, 0.1) is 28.1 Å². The zero-order chi connectivity index (χ0) is 40.9. The van der Waals surface area contributed by atoms with E-state index in [2.05, 4.69) is 75.1 Å². The van der Waals surface area contributed by atoms with E-state index < -0.39 is 11.9 Å². The molecule has 14 nitrogen and oxygen atoms in total. The van der Waals surface area contributed by atoms with Gasteiger partial charge in [-0.15, -0.1) is 0 Å². The zero-order valence-corrected chi connectivity index (χ0v) is 34.2. The number of anilines is 2. The number of ether oxygens (including phenoxy) is 1. The first-order chi connectivity index (χ1) is 27.7. The van der Waals surface area contributed by atoms with E-state index in [9.17, 15) is 24.4 Å². The number of rotatable bonds is 9. The van der Waals surface area contributed by atoms with Crippen LogP contribution in [0.1, 0.15) is 85.2 Å². The molecular formula is C43H50ClN9O5. The van der Waals surface area contributed by atoms with Gasteiger partial charge in [0, 0.05) is 105 Å². The minimum atomic E-state index is -0.609. The second-order valence-corrected chi connectivity index (χ2v) is 17.9. The van der Waals surface area contributed by atoms with E-state index in [-0.39, 0.29) is 47.1 Å². The van der Waals surface area contributed by atoms with E-state index in [0.717, 1.165) is 69.9 Å². The molecule has 2 N–H and O–H groups in total. The Bertz CT molecular complexity index is 2140. The fourth-order valence-electron chi connectivity index (χ4n) is 10.0. The van der Waals surface area contributed by atoms with Gasteiger partial charge in [0.2, 0.25) is 17.8 Å². The van der Waals surface area contributed by atoms with Crippen LogP contribution in [0.25, 0.3) is 0 Å². The lowest BCUT2D eigenvalue weighted by Gasteiger charge is -2.63. The highest BCUT2D eigenvalue weighted by Gasteiger charge is 2.64. The molecule has 0 spiro atoms. The van der Waals surface area contributed by atoms with Gasteiger partial charge < -0.3 is 24.8 Å². The van der Waals surface area contributed by atoms with Gasteiger partial charge in [0.05, 0.1) is 16.1 Å². The van der Waals surface area contributed by atoms with Gasteiger partial charge in [0.15, 0.2) is 0 Å². The number of imide groups is 1. The van der Waals surface area contributed by atoms with Gasteiger partial charge in [-0.1, -0.05) is 39.3 Å². The molecular weight excluding hydrogens is 758 g/mol. The predicted molar refractivity (Wildman–Crippen MR) is 218 cm³/mol. The summed E-state index contributed by atoms with van der Waals surface area (Å²) in [6, 6.07) is 12.3. The maximum absolute atomic E-state index is 13.4. The van der Waals surface area contributed by atoms with Crippen molar-refractivity contribution in [1.82, 2.24) is 30.4 Å². The molecule has 1 atom stereocenters. The summed E-state index contributed by atoms with van der Waals surface area (Å²) in [5.74, 6) is 0.755. The molecule has 1 aromatic heterocycles. The number of halogens is 1. The van der Waals surface area contributed by atoms with E-state index in [1.165, 1.54) is 0 Å². The average molecular weight is 808 g/mol. The first kappa shape index (κ1) is 39.6. The molecule has 8 rings (SSSR count). The number of carbonyl (C=O) groups excluding carboxylic acids is 4. The molecule has 3 aromatic rings. The molecule has 58 heavy (non-hydrogen) atoms. The number of carbonyl (C=O) groups is 4. The van der Waals surface area contributed by atoms with Crippen molar-refractivity contribution in [3.63, 3.8) is 0 Å². The number of fused-ring (bicyclic) bond motifs is 1. The predicted octanol–water partition coefficient (Wildman–Crippen LogP) is 4.41. The summed E-state index contributed by atoms with van der Waals surface area (Å²) >= 11 is 6.24. The minimum Gasteiger partial charge on any atom is -0.489 e. The summed E-state index contributed by atoms with van der Waals surface area (Å²) < 4.78 is 6.36. The second-order valence-electron chi connectivity index (χ2n) is 17.5. The van der Waals surface area contributed by atoms with E-state index in [0.29, 0.717) is 52.3 Å². The lowest BCUT2D eigenvalue weighted by Crippen LogP contribution is -2.74. The highest BCUT2D eigenvalue weighted by atomic mass is 35.5. The Morgan fingerprint density at radius 2 is 1.66 bits per heavy atom. The maximum atomic E-state index is 13.4. The van der Waals surface area contributed by atoms with E-state index in [1.807, 2.05) is 12.1 Å². The third kappa shape index (κ3) is 7.46. The van der Waals surface area contributed by atoms with Crippen LogP contribution in [0.4, 0.5) is 11.6 Å². The molecule has 15 heteroatoms. The molecule has 1 unspecified atom stereocenters. The molecule has 5 aliphatic rings. The topological polar surface area (TPSA) is 164 Å². The van der Waals surface area contributed by atoms with Crippen molar-refractivity contribution in [3.8, 4) is 11.8 Å². The van der Waals surface area contributed by atoms with Crippen LogP contribution in [0.3, 0.4) is 0 Å². The number of piperidine rings is 2. The van der Waals surface area contributed by atoms with E-state index in [4.69, 9.17) is 16.3 Å². The summed E-state index contributed by atoms with van der Waals surface area (Å²) in [6.45, 7) is 15.1. The number of amides is 4. The lowest BCUT2D eigenvalue weighted by atomic mass is 9.49. The first-order valence-electron chi connectivity index (χ1n) is 20.2.